The number of nitrogens with one attached hydrogen (secondary N) is 2. The van der Waals surface area contributed by atoms with Gasteiger partial charge in [-0.05, 0) is 37.8 Å². The molecule has 0 aromatic carbocycles. The van der Waals surface area contributed by atoms with Gasteiger partial charge in [0.15, 0.2) is 0 Å². The number of carbonyl (C=O) groups excluding carboxylic acids is 1. The molecule has 2 N–H and O–H groups in total. The second-order valence-corrected chi connectivity index (χ2v) is 5.44. The number of aromatic nitrogens is 1. The first-order chi connectivity index (χ1) is 9.79. The SMILES string of the molecule is CCNC(=O)C1CNCCN1c1ccc2c(n1)CCC2. The Labute approximate surface area is 119 Å². The van der Waals surface area contributed by atoms with E-state index in [0.29, 0.717) is 13.1 Å². The van der Waals surface area contributed by atoms with Gasteiger partial charge in [-0.1, -0.05) is 6.07 Å². The second-order valence-electron chi connectivity index (χ2n) is 5.44. The van der Waals surface area contributed by atoms with Crippen LogP contribution in [0.2, 0.25) is 0 Å². The molecule has 1 fully saturated rings. The summed E-state index contributed by atoms with van der Waals surface area (Å²) in [5, 5.41) is 6.21. The van der Waals surface area contributed by atoms with Crippen molar-refractivity contribution in [3.63, 3.8) is 0 Å². The minimum absolute atomic E-state index is 0.0852. The third-order valence-electron chi connectivity index (χ3n) is 4.10. The molecule has 1 aliphatic carbocycles. The first kappa shape index (κ1) is 13.4. The predicted molar refractivity (Wildman–Crippen MR) is 78.9 cm³/mol. The molecule has 1 aliphatic heterocycles. The minimum atomic E-state index is -0.157. The monoisotopic (exact) mass is 274 g/mol. The summed E-state index contributed by atoms with van der Waals surface area (Å²) < 4.78 is 0. The predicted octanol–water partition coefficient (Wildman–Crippen LogP) is 0.485. The molecule has 20 heavy (non-hydrogen) atoms. The Bertz CT molecular complexity index is 503. The third kappa shape index (κ3) is 2.50. The van der Waals surface area contributed by atoms with E-state index in [4.69, 9.17) is 4.98 Å². The van der Waals surface area contributed by atoms with Crippen LogP contribution in [0.5, 0.6) is 0 Å². The van der Waals surface area contributed by atoms with Crippen molar-refractivity contribution >= 4 is 11.7 Å². The van der Waals surface area contributed by atoms with E-state index >= 15 is 0 Å². The number of nitrogens with zero attached hydrogens (tertiary/aromatic N) is 2. The number of likely N-dealkylation sites (N-methyl/N-ethyl adjacent to an activating group) is 1. The number of amides is 1. The van der Waals surface area contributed by atoms with Crippen molar-refractivity contribution < 1.29 is 4.79 Å². The maximum Gasteiger partial charge on any atom is 0.244 e. The fraction of sp³-hybridized carbons (Fsp3) is 0.600. The van der Waals surface area contributed by atoms with Gasteiger partial charge in [-0.25, -0.2) is 4.98 Å². The zero-order valence-corrected chi connectivity index (χ0v) is 12.0. The number of pyridine rings is 1. The molecule has 2 aliphatic rings. The summed E-state index contributed by atoms with van der Waals surface area (Å²) in [6.45, 7) is 5.03. The van der Waals surface area contributed by atoms with Crippen molar-refractivity contribution in [2.75, 3.05) is 31.1 Å². The molecule has 0 saturated carbocycles. The van der Waals surface area contributed by atoms with E-state index < -0.39 is 0 Å². The van der Waals surface area contributed by atoms with Crippen LogP contribution in [0.3, 0.4) is 0 Å². The van der Waals surface area contributed by atoms with Crippen LogP contribution in [0.4, 0.5) is 5.82 Å². The zero-order valence-electron chi connectivity index (χ0n) is 12.0. The summed E-state index contributed by atoms with van der Waals surface area (Å²) in [5.41, 5.74) is 2.59. The molecule has 1 saturated heterocycles. The molecule has 2 heterocycles. The fourth-order valence-electron chi connectivity index (χ4n) is 3.07. The van der Waals surface area contributed by atoms with Gasteiger partial charge >= 0.3 is 0 Å². The van der Waals surface area contributed by atoms with Crippen LogP contribution in [0.15, 0.2) is 12.1 Å². The van der Waals surface area contributed by atoms with E-state index in [1.165, 1.54) is 17.7 Å². The van der Waals surface area contributed by atoms with E-state index in [2.05, 4.69) is 27.7 Å². The van der Waals surface area contributed by atoms with Gasteiger partial charge in [0.25, 0.3) is 0 Å². The standard InChI is InChI=1S/C15H22N4O/c1-2-17-15(20)13-10-16-8-9-19(13)14-7-6-11-4-3-5-12(11)18-14/h6-7,13,16H,2-5,8-10H2,1H3,(H,17,20). The molecule has 0 spiro atoms. The molecule has 1 aromatic rings. The van der Waals surface area contributed by atoms with Crippen LogP contribution in [0, 0.1) is 0 Å². The van der Waals surface area contributed by atoms with E-state index in [9.17, 15) is 4.79 Å². The largest absolute Gasteiger partial charge is 0.355 e. The Kier molecular flexibility index (Phi) is 3.87. The van der Waals surface area contributed by atoms with Gasteiger partial charge in [-0.2, -0.15) is 0 Å². The molecule has 5 nitrogen and oxygen atoms in total. The number of carbonyl (C=O) groups is 1. The van der Waals surface area contributed by atoms with Gasteiger partial charge in [0.05, 0.1) is 0 Å². The Balaban J connectivity index is 1.84. The number of fused-ring (bicyclic) bond motifs is 1. The van der Waals surface area contributed by atoms with Crippen molar-refractivity contribution in [3.05, 3.63) is 23.4 Å². The van der Waals surface area contributed by atoms with Crippen LogP contribution >= 0.6 is 0 Å². The van der Waals surface area contributed by atoms with E-state index in [0.717, 1.165) is 31.7 Å². The average Bonchev–Trinajstić information content (AvgIpc) is 2.95. The number of aryl methyl sites for hydroxylation is 2. The van der Waals surface area contributed by atoms with E-state index in [1.54, 1.807) is 0 Å². The molecule has 1 unspecified atom stereocenters. The Morgan fingerprint density at radius 2 is 2.40 bits per heavy atom. The summed E-state index contributed by atoms with van der Waals surface area (Å²) in [5.74, 6) is 1.03. The number of hydrogen-bond acceptors (Lipinski definition) is 4. The van der Waals surface area contributed by atoms with E-state index in [-0.39, 0.29) is 11.9 Å². The molecule has 1 aromatic heterocycles. The van der Waals surface area contributed by atoms with Gasteiger partial charge in [0, 0.05) is 31.9 Å². The highest BCUT2D eigenvalue weighted by Gasteiger charge is 2.29. The quantitative estimate of drug-likeness (QED) is 0.842. The Hall–Kier alpha value is -1.62. The number of piperazine rings is 1. The lowest BCUT2D eigenvalue weighted by Gasteiger charge is -2.36. The lowest BCUT2D eigenvalue weighted by Crippen LogP contribution is -2.58. The van der Waals surface area contributed by atoms with Crippen molar-refractivity contribution in [2.24, 2.45) is 0 Å². The summed E-state index contributed by atoms with van der Waals surface area (Å²) >= 11 is 0. The highest BCUT2D eigenvalue weighted by Crippen LogP contribution is 2.24. The number of anilines is 1. The maximum atomic E-state index is 12.2. The molecule has 3 rings (SSSR count). The molecule has 108 valence electrons. The molecule has 1 atom stereocenters. The van der Waals surface area contributed by atoms with Crippen LogP contribution < -0.4 is 15.5 Å². The van der Waals surface area contributed by atoms with Crippen LogP contribution in [0.25, 0.3) is 0 Å². The van der Waals surface area contributed by atoms with Crippen LogP contribution in [-0.2, 0) is 17.6 Å². The van der Waals surface area contributed by atoms with Gasteiger partial charge in [0.1, 0.15) is 11.9 Å². The molecule has 0 bridgehead atoms. The van der Waals surface area contributed by atoms with Crippen molar-refractivity contribution in [3.8, 4) is 0 Å². The van der Waals surface area contributed by atoms with Crippen LogP contribution in [-0.4, -0.2) is 43.1 Å². The van der Waals surface area contributed by atoms with Gasteiger partial charge in [-0.15, -0.1) is 0 Å². The lowest BCUT2D eigenvalue weighted by molar-refractivity contribution is -0.122. The summed E-state index contributed by atoms with van der Waals surface area (Å²) in [7, 11) is 0. The minimum Gasteiger partial charge on any atom is -0.355 e. The molecule has 1 amide bonds. The zero-order chi connectivity index (χ0) is 13.9. The topological polar surface area (TPSA) is 57.3 Å². The van der Waals surface area contributed by atoms with Gasteiger partial charge < -0.3 is 15.5 Å². The smallest absolute Gasteiger partial charge is 0.244 e. The van der Waals surface area contributed by atoms with Crippen molar-refractivity contribution in [1.82, 2.24) is 15.6 Å². The van der Waals surface area contributed by atoms with Crippen molar-refractivity contribution in [1.29, 1.82) is 0 Å². The summed E-state index contributed by atoms with van der Waals surface area (Å²) in [6.07, 6.45) is 3.41. The lowest BCUT2D eigenvalue weighted by atomic mass is 10.1. The van der Waals surface area contributed by atoms with Crippen LogP contribution in [0.1, 0.15) is 24.6 Å². The summed E-state index contributed by atoms with van der Waals surface area (Å²) in [4.78, 5) is 19.1. The first-order valence-electron chi connectivity index (χ1n) is 7.53. The Morgan fingerprint density at radius 1 is 1.50 bits per heavy atom. The number of rotatable bonds is 3. The molecule has 0 radical (unpaired) electrons. The van der Waals surface area contributed by atoms with Gasteiger partial charge in [0.2, 0.25) is 5.91 Å². The maximum absolute atomic E-state index is 12.2. The van der Waals surface area contributed by atoms with Crippen molar-refractivity contribution in [2.45, 2.75) is 32.2 Å². The molecule has 5 heteroatoms. The van der Waals surface area contributed by atoms with E-state index in [1.807, 2.05) is 6.92 Å². The normalized spacial score (nSPS) is 21.6. The fourth-order valence-corrected chi connectivity index (χ4v) is 3.07. The third-order valence-corrected chi connectivity index (χ3v) is 4.10. The molecular weight excluding hydrogens is 252 g/mol. The first-order valence-corrected chi connectivity index (χ1v) is 7.53. The van der Waals surface area contributed by atoms with Gasteiger partial charge in [-0.3, -0.25) is 4.79 Å². The second kappa shape index (κ2) is 5.79. The molecular formula is C15H22N4O. The average molecular weight is 274 g/mol. The highest BCUT2D eigenvalue weighted by atomic mass is 16.2. The summed E-state index contributed by atoms with van der Waals surface area (Å²) in [6, 6.07) is 4.10. The number of hydrogen-bond donors (Lipinski definition) is 2. The Morgan fingerprint density at radius 3 is 3.25 bits per heavy atom. The highest BCUT2D eigenvalue weighted by molar-refractivity contribution is 5.85.